The second kappa shape index (κ2) is 7.77. The van der Waals surface area contributed by atoms with E-state index in [2.05, 4.69) is 10.6 Å². The number of amides is 1. The number of rotatable bonds is 5. The third-order valence-corrected chi connectivity index (χ3v) is 3.98. The van der Waals surface area contributed by atoms with Crippen molar-refractivity contribution in [1.82, 2.24) is 5.32 Å². The van der Waals surface area contributed by atoms with E-state index in [-0.39, 0.29) is 17.0 Å². The molecule has 6 heteroatoms. The second-order valence-corrected chi connectivity index (χ2v) is 6.12. The van der Waals surface area contributed by atoms with Crippen LogP contribution in [0.1, 0.15) is 25.5 Å². The van der Waals surface area contributed by atoms with E-state index < -0.39 is 11.9 Å². The average Bonchev–Trinajstić information content (AvgIpc) is 2.49. The van der Waals surface area contributed by atoms with E-state index in [0.29, 0.717) is 10.7 Å². The number of hydrogen-bond acceptors (Lipinski definition) is 2. The summed E-state index contributed by atoms with van der Waals surface area (Å²) in [6, 6.07) is 10.7. The highest BCUT2D eigenvalue weighted by Gasteiger charge is 2.17. The van der Waals surface area contributed by atoms with Crippen LogP contribution in [0.3, 0.4) is 0 Å². The summed E-state index contributed by atoms with van der Waals surface area (Å²) in [7, 11) is 0. The number of halogens is 3. The average molecular weight is 355 g/mol. The minimum absolute atomic E-state index is 0.0573. The minimum Gasteiger partial charge on any atom is -0.323 e. The van der Waals surface area contributed by atoms with E-state index in [4.69, 9.17) is 23.2 Å². The Bertz CT molecular complexity index is 709. The molecule has 23 heavy (non-hydrogen) atoms. The van der Waals surface area contributed by atoms with Gasteiger partial charge in [0.25, 0.3) is 0 Å². The van der Waals surface area contributed by atoms with Crippen molar-refractivity contribution in [3.8, 4) is 0 Å². The zero-order valence-corrected chi connectivity index (χ0v) is 14.3. The molecule has 0 aliphatic rings. The van der Waals surface area contributed by atoms with E-state index in [9.17, 15) is 9.18 Å². The van der Waals surface area contributed by atoms with Crippen molar-refractivity contribution >= 4 is 34.8 Å². The molecule has 2 N–H and O–H groups in total. The molecule has 0 saturated heterocycles. The topological polar surface area (TPSA) is 41.1 Å². The van der Waals surface area contributed by atoms with Gasteiger partial charge in [-0.2, -0.15) is 0 Å². The Morgan fingerprint density at radius 1 is 1.13 bits per heavy atom. The van der Waals surface area contributed by atoms with Gasteiger partial charge < -0.3 is 5.32 Å². The molecule has 0 radical (unpaired) electrons. The summed E-state index contributed by atoms with van der Waals surface area (Å²) in [5.41, 5.74) is 1.36. The number of anilines is 1. The molecule has 0 heterocycles. The maximum atomic E-state index is 13.0. The van der Waals surface area contributed by atoms with E-state index in [0.717, 1.165) is 11.6 Å². The Labute approximate surface area is 144 Å². The van der Waals surface area contributed by atoms with Gasteiger partial charge in [-0.3, -0.25) is 10.1 Å². The van der Waals surface area contributed by atoms with Gasteiger partial charge >= 0.3 is 0 Å². The van der Waals surface area contributed by atoms with Crippen molar-refractivity contribution in [3.05, 3.63) is 63.9 Å². The van der Waals surface area contributed by atoms with E-state index >= 15 is 0 Å². The quantitative estimate of drug-likeness (QED) is 0.808. The van der Waals surface area contributed by atoms with E-state index in [1.54, 1.807) is 13.0 Å². The molecule has 122 valence electrons. The van der Waals surface area contributed by atoms with Gasteiger partial charge in [-0.15, -0.1) is 0 Å². The van der Waals surface area contributed by atoms with Crippen molar-refractivity contribution in [2.24, 2.45) is 0 Å². The fourth-order valence-electron chi connectivity index (χ4n) is 2.15. The van der Waals surface area contributed by atoms with Gasteiger partial charge in [0.2, 0.25) is 5.91 Å². The summed E-state index contributed by atoms with van der Waals surface area (Å²) < 4.78 is 13.0. The predicted molar refractivity (Wildman–Crippen MR) is 92.5 cm³/mol. The van der Waals surface area contributed by atoms with Crippen LogP contribution in [0, 0.1) is 5.82 Å². The summed E-state index contributed by atoms with van der Waals surface area (Å²) in [4.78, 5) is 12.2. The van der Waals surface area contributed by atoms with Crippen LogP contribution in [0.15, 0.2) is 42.5 Å². The largest absolute Gasteiger partial charge is 0.323 e. The molecule has 0 saturated carbocycles. The van der Waals surface area contributed by atoms with Gasteiger partial charge in [-0.05, 0) is 49.7 Å². The molecule has 0 spiro atoms. The third kappa shape index (κ3) is 4.93. The van der Waals surface area contributed by atoms with Crippen LogP contribution in [-0.2, 0) is 4.79 Å². The minimum atomic E-state index is -0.467. The lowest BCUT2D eigenvalue weighted by molar-refractivity contribution is -0.117. The van der Waals surface area contributed by atoms with Crippen LogP contribution in [0.5, 0.6) is 0 Å². The smallest absolute Gasteiger partial charge is 0.241 e. The fourth-order valence-corrected chi connectivity index (χ4v) is 2.57. The van der Waals surface area contributed by atoms with Gasteiger partial charge in [0.1, 0.15) is 5.82 Å². The zero-order valence-electron chi connectivity index (χ0n) is 12.7. The molecule has 0 fully saturated rings. The molecule has 2 aromatic carbocycles. The first-order valence-corrected chi connectivity index (χ1v) is 7.90. The molecule has 0 aliphatic heterocycles. The molecule has 3 nitrogen and oxygen atoms in total. The number of hydrogen-bond donors (Lipinski definition) is 2. The number of carbonyl (C=O) groups is 1. The van der Waals surface area contributed by atoms with Crippen LogP contribution in [0.25, 0.3) is 0 Å². The highest BCUT2D eigenvalue weighted by Crippen LogP contribution is 2.23. The third-order valence-electron chi connectivity index (χ3n) is 3.43. The molecular formula is C17H17Cl2FN2O. The Balaban J connectivity index is 1.99. The van der Waals surface area contributed by atoms with Gasteiger partial charge in [0.15, 0.2) is 0 Å². The van der Waals surface area contributed by atoms with Crippen molar-refractivity contribution < 1.29 is 9.18 Å². The molecular weight excluding hydrogens is 338 g/mol. The highest BCUT2D eigenvalue weighted by atomic mass is 35.5. The first-order chi connectivity index (χ1) is 10.9. The molecule has 0 aliphatic carbocycles. The van der Waals surface area contributed by atoms with Crippen molar-refractivity contribution in [2.75, 3.05) is 5.32 Å². The maximum Gasteiger partial charge on any atom is 0.241 e. The van der Waals surface area contributed by atoms with Gasteiger partial charge in [-0.25, -0.2) is 4.39 Å². The summed E-state index contributed by atoms with van der Waals surface area (Å²) in [6.45, 7) is 3.69. The van der Waals surface area contributed by atoms with Crippen LogP contribution in [0.2, 0.25) is 10.0 Å². The monoisotopic (exact) mass is 354 g/mol. The number of nitrogens with one attached hydrogen (secondary N) is 2. The van der Waals surface area contributed by atoms with Gasteiger partial charge in [-0.1, -0.05) is 35.3 Å². The molecule has 0 aromatic heterocycles. The molecule has 0 bridgehead atoms. The molecule has 2 rings (SSSR count). The Morgan fingerprint density at radius 2 is 1.87 bits per heavy atom. The predicted octanol–water partition coefficient (Wildman–Crippen LogP) is 4.81. The standard InChI is InChI=1S/C17H17Cl2FN2O/c1-10(12-4-3-5-13(18)8-12)21-11(2)17(23)22-16-7-6-14(20)9-15(16)19/h3-11,21H,1-2H3,(H,22,23)/t10-,11-/m0/s1. The lowest BCUT2D eigenvalue weighted by Gasteiger charge is -2.20. The zero-order chi connectivity index (χ0) is 17.0. The Morgan fingerprint density at radius 3 is 2.52 bits per heavy atom. The molecule has 2 aromatic rings. The first-order valence-electron chi connectivity index (χ1n) is 7.14. The van der Waals surface area contributed by atoms with Crippen LogP contribution >= 0.6 is 23.2 Å². The fraction of sp³-hybridized carbons (Fsp3) is 0.235. The maximum absolute atomic E-state index is 13.0. The van der Waals surface area contributed by atoms with Crippen LogP contribution in [-0.4, -0.2) is 11.9 Å². The Hall–Kier alpha value is -1.62. The van der Waals surface area contributed by atoms with Crippen LogP contribution < -0.4 is 10.6 Å². The van der Waals surface area contributed by atoms with Crippen molar-refractivity contribution in [3.63, 3.8) is 0 Å². The summed E-state index contributed by atoms with van der Waals surface area (Å²) >= 11 is 11.9. The van der Waals surface area contributed by atoms with Crippen molar-refractivity contribution in [1.29, 1.82) is 0 Å². The second-order valence-electron chi connectivity index (χ2n) is 5.28. The Kier molecular flexibility index (Phi) is 5.99. The van der Waals surface area contributed by atoms with E-state index in [1.165, 1.54) is 12.1 Å². The molecule has 1 amide bonds. The normalized spacial score (nSPS) is 13.4. The van der Waals surface area contributed by atoms with Crippen LogP contribution in [0.4, 0.5) is 10.1 Å². The van der Waals surface area contributed by atoms with Gasteiger partial charge in [0, 0.05) is 11.1 Å². The molecule has 2 atom stereocenters. The SMILES string of the molecule is C[C@H](N[C@@H](C)c1cccc(Cl)c1)C(=O)Nc1ccc(F)cc1Cl. The first kappa shape index (κ1) is 17.7. The summed E-state index contributed by atoms with van der Waals surface area (Å²) in [5.74, 6) is -0.707. The lowest BCUT2D eigenvalue weighted by atomic mass is 10.1. The van der Waals surface area contributed by atoms with Crippen molar-refractivity contribution in [2.45, 2.75) is 25.9 Å². The number of carbonyl (C=O) groups excluding carboxylic acids is 1. The summed E-state index contributed by atoms with van der Waals surface area (Å²) in [6.07, 6.45) is 0. The summed E-state index contributed by atoms with van der Waals surface area (Å²) in [5, 5.41) is 6.67. The lowest BCUT2D eigenvalue weighted by Crippen LogP contribution is -2.39. The van der Waals surface area contributed by atoms with E-state index in [1.807, 2.05) is 25.1 Å². The van der Waals surface area contributed by atoms with Gasteiger partial charge in [0.05, 0.1) is 16.8 Å². The highest BCUT2D eigenvalue weighted by molar-refractivity contribution is 6.33. The number of benzene rings is 2. The molecule has 0 unspecified atom stereocenters.